The fourth-order valence-corrected chi connectivity index (χ4v) is 3.47. The Morgan fingerprint density at radius 1 is 1.21 bits per heavy atom. The lowest BCUT2D eigenvalue weighted by molar-refractivity contribution is -0.137. The standard InChI is InChI=1S/C20H30F3N3O2/c1-13-11-26(14(2)15-6-8-16(9-7-15)20(21,22)23)17(10-24)12-25(13)18(27)28-19(3,4)5/h6-9,13-14,17H,10-12,24H2,1-5H3/t13?,14?,17-/m1/s1. The van der Waals surface area contributed by atoms with Crippen molar-refractivity contribution >= 4 is 6.09 Å². The van der Waals surface area contributed by atoms with E-state index < -0.39 is 17.3 Å². The molecule has 1 heterocycles. The summed E-state index contributed by atoms with van der Waals surface area (Å²) in [4.78, 5) is 16.3. The first-order chi connectivity index (χ1) is 12.8. The highest BCUT2D eigenvalue weighted by Gasteiger charge is 2.38. The average Bonchev–Trinajstić information content (AvgIpc) is 2.58. The molecule has 0 spiro atoms. The summed E-state index contributed by atoms with van der Waals surface area (Å²) >= 11 is 0. The van der Waals surface area contributed by atoms with Gasteiger partial charge in [-0.3, -0.25) is 4.90 Å². The van der Waals surface area contributed by atoms with Crippen molar-refractivity contribution in [1.29, 1.82) is 0 Å². The van der Waals surface area contributed by atoms with E-state index in [4.69, 9.17) is 10.5 Å². The molecule has 1 aromatic rings. The zero-order chi connectivity index (χ0) is 21.3. The Morgan fingerprint density at radius 3 is 2.25 bits per heavy atom. The van der Waals surface area contributed by atoms with Gasteiger partial charge in [0.2, 0.25) is 0 Å². The lowest BCUT2D eigenvalue weighted by atomic mass is 9.99. The summed E-state index contributed by atoms with van der Waals surface area (Å²) in [5.74, 6) is 0. The topological polar surface area (TPSA) is 58.8 Å². The fraction of sp³-hybridized carbons (Fsp3) is 0.650. The number of hydrogen-bond donors (Lipinski definition) is 1. The molecule has 2 rings (SSSR count). The van der Waals surface area contributed by atoms with E-state index in [0.29, 0.717) is 19.6 Å². The zero-order valence-corrected chi connectivity index (χ0v) is 17.1. The molecule has 0 aromatic heterocycles. The minimum absolute atomic E-state index is 0.102. The lowest BCUT2D eigenvalue weighted by Gasteiger charge is -2.47. The number of nitrogens with two attached hydrogens (primary N) is 1. The Morgan fingerprint density at radius 2 is 1.79 bits per heavy atom. The van der Waals surface area contributed by atoms with Crippen molar-refractivity contribution in [2.24, 2.45) is 5.73 Å². The van der Waals surface area contributed by atoms with E-state index in [1.54, 1.807) is 4.90 Å². The maximum absolute atomic E-state index is 12.8. The molecule has 0 radical (unpaired) electrons. The monoisotopic (exact) mass is 401 g/mol. The van der Waals surface area contributed by atoms with Gasteiger partial charge >= 0.3 is 12.3 Å². The quantitative estimate of drug-likeness (QED) is 0.831. The number of piperazine rings is 1. The first-order valence-electron chi connectivity index (χ1n) is 9.46. The number of hydrogen-bond acceptors (Lipinski definition) is 4. The predicted molar refractivity (Wildman–Crippen MR) is 102 cm³/mol. The van der Waals surface area contributed by atoms with Gasteiger partial charge in [0, 0.05) is 37.8 Å². The van der Waals surface area contributed by atoms with E-state index in [0.717, 1.165) is 17.7 Å². The van der Waals surface area contributed by atoms with Gasteiger partial charge in [-0.1, -0.05) is 12.1 Å². The highest BCUT2D eigenvalue weighted by molar-refractivity contribution is 5.68. The Hall–Kier alpha value is -1.80. The second-order valence-corrected chi connectivity index (χ2v) is 8.36. The van der Waals surface area contributed by atoms with Crippen LogP contribution in [0, 0.1) is 0 Å². The van der Waals surface area contributed by atoms with Crippen molar-refractivity contribution in [3.8, 4) is 0 Å². The molecule has 1 amide bonds. The molecule has 2 N–H and O–H groups in total. The van der Waals surface area contributed by atoms with Crippen LogP contribution in [-0.2, 0) is 10.9 Å². The third kappa shape index (κ3) is 5.38. The van der Waals surface area contributed by atoms with Crippen LogP contribution in [0.2, 0.25) is 0 Å². The number of nitrogens with zero attached hydrogens (tertiary/aromatic N) is 2. The normalized spacial score (nSPS) is 22.8. The molecule has 0 aliphatic carbocycles. The van der Waals surface area contributed by atoms with Gasteiger partial charge in [-0.25, -0.2) is 4.79 Å². The van der Waals surface area contributed by atoms with Crippen LogP contribution in [0.5, 0.6) is 0 Å². The van der Waals surface area contributed by atoms with Crippen molar-refractivity contribution in [3.63, 3.8) is 0 Å². The van der Waals surface area contributed by atoms with Crippen LogP contribution in [0.15, 0.2) is 24.3 Å². The molecule has 1 aliphatic heterocycles. The van der Waals surface area contributed by atoms with Gasteiger partial charge in [-0.05, 0) is 52.3 Å². The number of carbonyl (C=O) groups is 1. The molecule has 0 saturated carbocycles. The van der Waals surface area contributed by atoms with Crippen molar-refractivity contribution in [3.05, 3.63) is 35.4 Å². The van der Waals surface area contributed by atoms with E-state index in [-0.39, 0.29) is 24.2 Å². The van der Waals surface area contributed by atoms with Crippen molar-refractivity contribution in [2.45, 2.75) is 64.5 Å². The van der Waals surface area contributed by atoms with E-state index in [9.17, 15) is 18.0 Å². The maximum atomic E-state index is 12.8. The van der Waals surface area contributed by atoms with Crippen molar-refractivity contribution < 1.29 is 22.7 Å². The smallest absolute Gasteiger partial charge is 0.416 e. The van der Waals surface area contributed by atoms with Gasteiger partial charge in [0.05, 0.1) is 5.56 Å². The van der Waals surface area contributed by atoms with E-state index in [1.807, 2.05) is 34.6 Å². The molecule has 1 fully saturated rings. The second-order valence-electron chi connectivity index (χ2n) is 8.36. The van der Waals surface area contributed by atoms with Crippen LogP contribution >= 0.6 is 0 Å². The highest BCUT2D eigenvalue weighted by atomic mass is 19.4. The molecule has 3 atom stereocenters. The molecule has 8 heteroatoms. The molecule has 1 aliphatic rings. The molecule has 5 nitrogen and oxygen atoms in total. The van der Waals surface area contributed by atoms with Crippen molar-refractivity contribution in [1.82, 2.24) is 9.80 Å². The van der Waals surface area contributed by atoms with Crippen LogP contribution in [0.3, 0.4) is 0 Å². The number of benzene rings is 1. The van der Waals surface area contributed by atoms with Crippen LogP contribution in [-0.4, -0.2) is 53.2 Å². The number of rotatable bonds is 3. The average molecular weight is 401 g/mol. The summed E-state index contributed by atoms with van der Waals surface area (Å²) in [6, 6.07) is 4.88. The Balaban J connectivity index is 2.15. The molecule has 1 saturated heterocycles. The fourth-order valence-electron chi connectivity index (χ4n) is 3.47. The number of carbonyl (C=O) groups excluding carboxylic acids is 1. The molecule has 0 bridgehead atoms. The number of ether oxygens (including phenoxy) is 1. The number of amides is 1. The van der Waals surface area contributed by atoms with Crippen molar-refractivity contribution in [2.75, 3.05) is 19.6 Å². The second kappa shape index (κ2) is 8.29. The summed E-state index contributed by atoms with van der Waals surface area (Å²) in [5.41, 5.74) is 5.49. The molecule has 1 aromatic carbocycles. The highest BCUT2D eigenvalue weighted by Crippen LogP contribution is 2.32. The molecular weight excluding hydrogens is 371 g/mol. The van der Waals surface area contributed by atoms with Crippen LogP contribution in [0.1, 0.15) is 51.8 Å². The molecule has 28 heavy (non-hydrogen) atoms. The zero-order valence-electron chi connectivity index (χ0n) is 17.1. The van der Waals surface area contributed by atoms with Gasteiger partial charge in [0.25, 0.3) is 0 Å². The van der Waals surface area contributed by atoms with Crippen LogP contribution in [0.4, 0.5) is 18.0 Å². The minimum atomic E-state index is -4.35. The molecular formula is C20H30F3N3O2. The van der Waals surface area contributed by atoms with E-state index in [2.05, 4.69) is 4.90 Å². The first kappa shape index (κ1) is 22.5. The minimum Gasteiger partial charge on any atom is -0.444 e. The number of alkyl halides is 3. The van der Waals surface area contributed by atoms with E-state index >= 15 is 0 Å². The van der Waals surface area contributed by atoms with Gasteiger partial charge < -0.3 is 15.4 Å². The third-order valence-corrected chi connectivity index (χ3v) is 5.00. The Labute approximate surface area is 164 Å². The van der Waals surface area contributed by atoms with Gasteiger partial charge in [0.1, 0.15) is 5.60 Å². The van der Waals surface area contributed by atoms with Crippen LogP contribution < -0.4 is 5.73 Å². The Kier molecular flexibility index (Phi) is 6.66. The van der Waals surface area contributed by atoms with E-state index in [1.165, 1.54) is 12.1 Å². The summed E-state index contributed by atoms with van der Waals surface area (Å²) in [5, 5.41) is 0. The summed E-state index contributed by atoms with van der Waals surface area (Å²) < 4.78 is 43.9. The summed E-state index contributed by atoms with van der Waals surface area (Å²) in [7, 11) is 0. The number of halogens is 3. The predicted octanol–water partition coefficient (Wildman–Crippen LogP) is 4.03. The van der Waals surface area contributed by atoms with Gasteiger partial charge in [-0.15, -0.1) is 0 Å². The summed E-state index contributed by atoms with van der Waals surface area (Å²) in [6.07, 6.45) is -4.73. The largest absolute Gasteiger partial charge is 0.444 e. The SMILES string of the molecule is CC1CN(C(C)c2ccc(C(F)(F)F)cc2)[C@H](CN)CN1C(=O)OC(C)(C)C. The Bertz CT molecular complexity index is 671. The van der Waals surface area contributed by atoms with Gasteiger partial charge in [0.15, 0.2) is 0 Å². The molecule has 158 valence electrons. The molecule has 2 unspecified atom stereocenters. The maximum Gasteiger partial charge on any atom is 0.416 e. The lowest BCUT2D eigenvalue weighted by Crippen LogP contribution is -2.61. The van der Waals surface area contributed by atoms with Crippen LogP contribution in [0.25, 0.3) is 0 Å². The van der Waals surface area contributed by atoms with Gasteiger partial charge in [-0.2, -0.15) is 13.2 Å². The third-order valence-electron chi connectivity index (χ3n) is 5.00. The summed E-state index contributed by atoms with van der Waals surface area (Å²) in [6.45, 7) is 10.6. The first-order valence-corrected chi connectivity index (χ1v) is 9.46.